The van der Waals surface area contributed by atoms with Crippen LogP contribution in [0.2, 0.25) is 0 Å². The Labute approximate surface area is 67.0 Å². The Morgan fingerprint density at radius 2 is 2.45 bits per heavy atom. The number of rotatable bonds is 2. The zero-order valence-corrected chi connectivity index (χ0v) is 6.92. The van der Waals surface area contributed by atoms with Crippen LogP contribution in [-0.4, -0.2) is 35.6 Å². The van der Waals surface area contributed by atoms with Gasteiger partial charge in [-0.05, 0) is 19.8 Å². The van der Waals surface area contributed by atoms with Crippen LogP contribution in [0.3, 0.4) is 0 Å². The van der Waals surface area contributed by atoms with Crippen molar-refractivity contribution < 1.29 is 9.90 Å². The lowest BCUT2D eigenvalue weighted by molar-refractivity contribution is -0.122. The summed E-state index contributed by atoms with van der Waals surface area (Å²) in [6.45, 7) is 3.39. The maximum atomic E-state index is 11.0. The Kier molecular flexibility index (Phi) is 3.02. The number of Topliss-reactive ketones (excluding diaryl/α,β-unsaturated/α-hetero) is 1. The second kappa shape index (κ2) is 3.83. The van der Waals surface area contributed by atoms with Crippen molar-refractivity contribution in [2.45, 2.75) is 19.8 Å². The predicted molar refractivity (Wildman–Crippen MR) is 42.1 cm³/mol. The molecular weight excluding hydrogens is 142 g/mol. The molecule has 1 heterocycles. The van der Waals surface area contributed by atoms with E-state index in [2.05, 4.69) is 0 Å². The van der Waals surface area contributed by atoms with Crippen molar-refractivity contribution >= 4 is 5.78 Å². The summed E-state index contributed by atoms with van der Waals surface area (Å²) in [7, 11) is 0. The molecule has 1 aliphatic heterocycles. The molecule has 0 aromatic carbocycles. The molecule has 0 saturated carbocycles. The van der Waals surface area contributed by atoms with Crippen molar-refractivity contribution in [1.29, 1.82) is 0 Å². The van der Waals surface area contributed by atoms with Gasteiger partial charge in [0.25, 0.3) is 0 Å². The molecule has 3 heteroatoms. The topological polar surface area (TPSA) is 40.5 Å². The molecule has 0 amide bonds. The highest BCUT2D eigenvalue weighted by atomic mass is 16.3. The van der Waals surface area contributed by atoms with E-state index in [4.69, 9.17) is 5.11 Å². The van der Waals surface area contributed by atoms with E-state index in [9.17, 15) is 4.79 Å². The molecule has 1 aliphatic rings. The highest BCUT2D eigenvalue weighted by Gasteiger charge is 2.21. The Balaban J connectivity index is 2.39. The summed E-state index contributed by atoms with van der Waals surface area (Å²) in [6.07, 6.45) is 2.02. The third-order valence-electron chi connectivity index (χ3n) is 2.28. The van der Waals surface area contributed by atoms with Gasteiger partial charge in [-0.2, -0.15) is 0 Å². The van der Waals surface area contributed by atoms with E-state index in [0.717, 1.165) is 25.9 Å². The van der Waals surface area contributed by atoms with E-state index in [1.54, 1.807) is 6.92 Å². The lowest BCUT2D eigenvalue weighted by Gasteiger charge is -2.29. The van der Waals surface area contributed by atoms with Gasteiger partial charge < -0.3 is 5.11 Å². The van der Waals surface area contributed by atoms with E-state index in [0.29, 0.717) is 0 Å². The van der Waals surface area contributed by atoms with Gasteiger partial charge in [-0.25, -0.2) is 0 Å². The van der Waals surface area contributed by atoms with Crippen LogP contribution in [0.15, 0.2) is 0 Å². The van der Waals surface area contributed by atoms with Gasteiger partial charge in [0.05, 0.1) is 6.73 Å². The standard InChI is InChI=1S/C8H15NO2/c1-7(11)8-3-2-4-9(5-8)6-10/h8,10H,2-6H2,1H3. The minimum absolute atomic E-state index is 0.0871. The first-order valence-electron chi connectivity index (χ1n) is 4.07. The molecule has 3 nitrogen and oxygen atoms in total. The highest BCUT2D eigenvalue weighted by Crippen LogP contribution is 2.16. The highest BCUT2D eigenvalue weighted by molar-refractivity contribution is 5.78. The summed E-state index contributed by atoms with van der Waals surface area (Å²) >= 11 is 0. The minimum Gasteiger partial charge on any atom is -0.381 e. The fourth-order valence-corrected chi connectivity index (χ4v) is 1.52. The van der Waals surface area contributed by atoms with Crippen molar-refractivity contribution in [1.82, 2.24) is 4.90 Å². The first-order valence-corrected chi connectivity index (χ1v) is 4.07. The zero-order valence-electron chi connectivity index (χ0n) is 6.92. The number of ketones is 1. The molecule has 1 N–H and O–H groups in total. The summed E-state index contributed by atoms with van der Waals surface area (Å²) in [5.41, 5.74) is 0. The van der Waals surface area contributed by atoms with Gasteiger partial charge in [0.1, 0.15) is 5.78 Å². The summed E-state index contributed by atoms with van der Waals surface area (Å²) in [4.78, 5) is 12.9. The summed E-state index contributed by atoms with van der Waals surface area (Å²) in [5.74, 6) is 0.416. The molecule has 1 saturated heterocycles. The Morgan fingerprint density at radius 3 is 3.00 bits per heavy atom. The average Bonchev–Trinajstić information content (AvgIpc) is 2.05. The summed E-state index contributed by atoms with van der Waals surface area (Å²) in [6, 6.07) is 0. The molecule has 0 aromatic rings. The lowest BCUT2D eigenvalue weighted by atomic mass is 9.95. The van der Waals surface area contributed by atoms with Gasteiger partial charge in [0.2, 0.25) is 0 Å². The first kappa shape index (κ1) is 8.68. The Bertz CT molecular complexity index is 147. The third kappa shape index (κ3) is 2.27. The van der Waals surface area contributed by atoms with Crippen LogP contribution in [-0.2, 0) is 4.79 Å². The summed E-state index contributed by atoms with van der Waals surface area (Å²) in [5, 5.41) is 8.81. The van der Waals surface area contributed by atoms with Crippen molar-refractivity contribution in [3.63, 3.8) is 0 Å². The largest absolute Gasteiger partial charge is 0.381 e. The molecule has 1 atom stereocenters. The van der Waals surface area contributed by atoms with E-state index >= 15 is 0 Å². The molecule has 0 spiro atoms. The van der Waals surface area contributed by atoms with Gasteiger partial charge in [-0.1, -0.05) is 0 Å². The maximum absolute atomic E-state index is 11.0. The number of nitrogens with zero attached hydrogens (tertiary/aromatic N) is 1. The van der Waals surface area contributed by atoms with Gasteiger partial charge in [-0.15, -0.1) is 0 Å². The average molecular weight is 157 g/mol. The van der Waals surface area contributed by atoms with Crippen molar-refractivity contribution in [3.05, 3.63) is 0 Å². The number of piperidine rings is 1. The molecule has 0 aliphatic carbocycles. The monoisotopic (exact) mass is 157 g/mol. The van der Waals surface area contributed by atoms with E-state index in [1.165, 1.54) is 0 Å². The van der Waals surface area contributed by atoms with Crippen LogP contribution in [0.4, 0.5) is 0 Å². The molecule has 64 valence electrons. The van der Waals surface area contributed by atoms with E-state index < -0.39 is 0 Å². The normalized spacial score (nSPS) is 26.9. The van der Waals surface area contributed by atoms with Crippen LogP contribution in [0.5, 0.6) is 0 Å². The molecule has 11 heavy (non-hydrogen) atoms. The van der Waals surface area contributed by atoms with Crippen molar-refractivity contribution in [2.24, 2.45) is 5.92 Å². The summed E-state index contributed by atoms with van der Waals surface area (Å²) < 4.78 is 0. The molecule has 1 rings (SSSR count). The molecule has 1 unspecified atom stereocenters. The number of hydrogen-bond acceptors (Lipinski definition) is 3. The number of carbonyl (C=O) groups is 1. The van der Waals surface area contributed by atoms with Gasteiger partial charge in [-0.3, -0.25) is 9.69 Å². The van der Waals surface area contributed by atoms with Gasteiger partial charge in [0, 0.05) is 19.0 Å². The minimum atomic E-state index is 0.0871. The van der Waals surface area contributed by atoms with Gasteiger partial charge >= 0.3 is 0 Å². The van der Waals surface area contributed by atoms with E-state index in [-0.39, 0.29) is 18.4 Å². The maximum Gasteiger partial charge on any atom is 0.134 e. The van der Waals surface area contributed by atoms with Crippen LogP contribution in [0.1, 0.15) is 19.8 Å². The fourth-order valence-electron chi connectivity index (χ4n) is 1.52. The van der Waals surface area contributed by atoms with Crippen LogP contribution >= 0.6 is 0 Å². The van der Waals surface area contributed by atoms with E-state index in [1.807, 2.05) is 4.90 Å². The number of hydrogen-bond donors (Lipinski definition) is 1. The zero-order chi connectivity index (χ0) is 8.27. The van der Waals surface area contributed by atoms with Crippen LogP contribution < -0.4 is 0 Å². The molecular formula is C8H15NO2. The van der Waals surface area contributed by atoms with Crippen LogP contribution in [0, 0.1) is 5.92 Å². The Hall–Kier alpha value is -0.410. The SMILES string of the molecule is CC(=O)C1CCCN(CO)C1. The lowest BCUT2D eigenvalue weighted by Crippen LogP contribution is -2.38. The predicted octanol–water partition coefficient (Wildman–Crippen LogP) is 0.237. The first-order chi connectivity index (χ1) is 5.24. The Morgan fingerprint density at radius 1 is 1.73 bits per heavy atom. The van der Waals surface area contributed by atoms with Gasteiger partial charge in [0.15, 0.2) is 0 Å². The smallest absolute Gasteiger partial charge is 0.134 e. The molecule has 0 aromatic heterocycles. The molecule has 1 fully saturated rings. The fraction of sp³-hybridized carbons (Fsp3) is 0.875. The number of aliphatic hydroxyl groups is 1. The van der Waals surface area contributed by atoms with Crippen molar-refractivity contribution in [3.8, 4) is 0 Å². The quantitative estimate of drug-likeness (QED) is 0.624. The van der Waals surface area contributed by atoms with Crippen LogP contribution in [0.25, 0.3) is 0 Å². The second-order valence-corrected chi connectivity index (χ2v) is 3.17. The number of carbonyl (C=O) groups excluding carboxylic acids is 1. The third-order valence-corrected chi connectivity index (χ3v) is 2.28. The molecule has 0 bridgehead atoms. The number of aliphatic hydroxyl groups excluding tert-OH is 1. The van der Waals surface area contributed by atoms with Crippen molar-refractivity contribution in [2.75, 3.05) is 19.8 Å². The second-order valence-electron chi connectivity index (χ2n) is 3.17. The molecule has 0 radical (unpaired) electrons. The number of likely N-dealkylation sites (tertiary alicyclic amines) is 1.